The molecule has 0 spiro atoms. The molecule has 0 radical (unpaired) electrons. The molecule has 2 aliphatic rings. The molecule has 1 amide bonds. The van der Waals surface area contributed by atoms with Gasteiger partial charge < -0.3 is 10.2 Å². The molecule has 2 fully saturated rings. The molecular formula is C16H17ClN2O2. The van der Waals surface area contributed by atoms with Crippen molar-refractivity contribution in [3.05, 3.63) is 46.6 Å². The molecule has 1 N–H and O–H groups in total. The van der Waals surface area contributed by atoms with Crippen LogP contribution in [0.3, 0.4) is 0 Å². The van der Waals surface area contributed by atoms with Gasteiger partial charge in [-0.15, -0.1) is 0 Å². The number of rotatable bonds is 2. The number of hydrogen-bond acceptors (Lipinski definition) is 3. The zero-order valence-electron chi connectivity index (χ0n) is 11.6. The first-order chi connectivity index (χ1) is 10.1. The van der Waals surface area contributed by atoms with Crippen LogP contribution in [0.25, 0.3) is 0 Å². The van der Waals surface area contributed by atoms with E-state index in [0.717, 1.165) is 32.4 Å². The first-order valence-electron chi connectivity index (χ1n) is 7.21. The van der Waals surface area contributed by atoms with Gasteiger partial charge in [0.2, 0.25) is 0 Å². The number of amides is 1. The van der Waals surface area contributed by atoms with E-state index in [1.807, 2.05) is 4.90 Å². The summed E-state index contributed by atoms with van der Waals surface area (Å²) in [5.41, 5.74) is 0.878. The Morgan fingerprint density at radius 2 is 2.24 bits per heavy atom. The van der Waals surface area contributed by atoms with Gasteiger partial charge in [-0.1, -0.05) is 23.7 Å². The van der Waals surface area contributed by atoms with Crippen LogP contribution in [0, 0.1) is 0 Å². The first-order valence-corrected chi connectivity index (χ1v) is 7.59. The van der Waals surface area contributed by atoms with Crippen LogP contribution in [0.5, 0.6) is 0 Å². The Bertz CT molecular complexity index is 612. The Morgan fingerprint density at radius 3 is 3.05 bits per heavy atom. The molecule has 2 heterocycles. The van der Waals surface area contributed by atoms with Crippen LogP contribution in [0.1, 0.15) is 29.6 Å². The van der Waals surface area contributed by atoms with Gasteiger partial charge in [0.25, 0.3) is 5.91 Å². The number of ketones is 1. The van der Waals surface area contributed by atoms with Crippen molar-refractivity contribution in [1.82, 2.24) is 10.2 Å². The summed E-state index contributed by atoms with van der Waals surface area (Å²) in [6.45, 7) is 1.51. The smallest absolute Gasteiger partial charge is 0.270 e. The zero-order valence-corrected chi connectivity index (χ0v) is 12.4. The van der Waals surface area contributed by atoms with E-state index in [1.54, 1.807) is 24.3 Å². The minimum absolute atomic E-state index is 0.0682. The summed E-state index contributed by atoms with van der Waals surface area (Å²) in [7, 11) is 0. The van der Waals surface area contributed by atoms with Crippen LogP contribution >= 0.6 is 11.6 Å². The second-order valence-corrected chi connectivity index (χ2v) is 5.90. The van der Waals surface area contributed by atoms with Gasteiger partial charge in [0, 0.05) is 35.8 Å². The van der Waals surface area contributed by atoms with E-state index in [9.17, 15) is 9.59 Å². The summed E-state index contributed by atoms with van der Waals surface area (Å²) in [4.78, 5) is 26.5. The van der Waals surface area contributed by atoms with Gasteiger partial charge in [-0.05, 0) is 31.4 Å². The average Bonchev–Trinajstić information content (AvgIpc) is 2.50. The van der Waals surface area contributed by atoms with Crippen molar-refractivity contribution in [1.29, 1.82) is 0 Å². The Morgan fingerprint density at radius 1 is 1.38 bits per heavy atom. The third-order valence-electron chi connectivity index (χ3n) is 4.03. The van der Waals surface area contributed by atoms with E-state index in [-0.39, 0.29) is 17.7 Å². The summed E-state index contributed by atoms with van der Waals surface area (Å²) in [6, 6.07) is 7.02. The van der Waals surface area contributed by atoms with Crippen molar-refractivity contribution in [2.24, 2.45) is 0 Å². The molecule has 0 aromatic heterocycles. The van der Waals surface area contributed by atoms with E-state index in [4.69, 9.17) is 11.6 Å². The van der Waals surface area contributed by atoms with Crippen LogP contribution in [-0.4, -0.2) is 35.7 Å². The molecule has 21 heavy (non-hydrogen) atoms. The highest BCUT2D eigenvalue weighted by Gasteiger charge is 2.33. The van der Waals surface area contributed by atoms with Crippen molar-refractivity contribution in [2.75, 3.05) is 13.1 Å². The number of hydrogen-bond donors (Lipinski definition) is 1. The average molecular weight is 305 g/mol. The Hall–Kier alpha value is -1.81. The number of benzene rings is 1. The van der Waals surface area contributed by atoms with Gasteiger partial charge in [0.15, 0.2) is 5.78 Å². The fraction of sp³-hybridized carbons (Fsp3) is 0.375. The molecule has 0 aliphatic carbocycles. The first kappa shape index (κ1) is 14.1. The number of fused-ring (bicyclic) bond motifs is 1. The van der Waals surface area contributed by atoms with Crippen LogP contribution in [0.2, 0.25) is 5.02 Å². The number of nitrogens with one attached hydrogen (secondary N) is 1. The number of piperidine rings is 1. The van der Waals surface area contributed by atoms with E-state index in [1.165, 1.54) is 6.08 Å². The van der Waals surface area contributed by atoms with Gasteiger partial charge in [0.1, 0.15) is 5.70 Å². The molecule has 1 aromatic rings. The van der Waals surface area contributed by atoms with Gasteiger partial charge in [-0.25, -0.2) is 0 Å². The summed E-state index contributed by atoms with van der Waals surface area (Å²) in [5, 5.41) is 3.61. The molecule has 3 rings (SSSR count). The predicted molar refractivity (Wildman–Crippen MR) is 81.2 cm³/mol. The molecule has 1 aromatic carbocycles. The van der Waals surface area contributed by atoms with Crippen molar-refractivity contribution in [3.63, 3.8) is 0 Å². The van der Waals surface area contributed by atoms with Crippen molar-refractivity contribution >= 4 is 23.3 Å². The lowest BCUT2D eigenvalue weighted by Gasteiger charge is -2.40. The maximum absolute atomic E-state index is 12.4. The fourth-order valence-corrected chi connectivity index (χ4v) is 3.10. The number of nitrogens with zero attached hydrogens (tertiary/aromatic N) is 1. The topological polar surface area (TPSA) is 49.4 Å². The van der Waals surface area contributed by atoms with Gasteiger partial charge >= 0.3 is 0 Å². The lowest BCUT2D eigenvalue weighted by Crippen LogP contribution is -2.55. The number of carbonyl (C=O) groups is 2. The molecule has 0 bridgehead atoms. The van der Waals surface area contributed by atoms with Gasteiger partial charge in [-0.3, -0.25) is 9.59 Å². The van der Waals surface area contributed by atoms with Crippen molar-refractivity contribution in [2.45, 2.75) is 25.3 Å². The van der Waals surface area contributed by atoms with E-state index >= 15 is 0 Å². The number of allylic oxidation sites excluding steroid dienone is 1. The standard InChI is InChI=1S/C16H17ClN2O2/c17-12-5-3-4-11(8-12)15(20)9-14-16(21)19-7-2-1-6-13(19)10-18-14/h3-5,8-9,13,18H,1-2,6-7,10H2. The second kappa shape index (κ2) is 5.90. The van der Waals surface area contributed by atoms with Gasteiger partial charge in [0.05, 0.1) is 0 Å². The monoisotopic (exact) mass is 304 g/mol. The third kappa shape index (κ3) is 2.95. The fourth-order valence-electron chi connectivity index (χ4n) is 2.91. The lowest BCUT2D eigenvalue weighted by atomic mass is 9.98. The SMILES string of the molecule is O=C(C=C1NCC2CCCCN2C1=O)c1cccc(Cl)c1. The third-order valence-corrected chi connectivity index (χ3v) is 4.27. The Balaban J connectivity index is 1.79. The summed E-state index contributed by atoms with van der Waals surface area (Å²) in [5.74, 6) is -0.273. The van der Waals surface area contributed by atoms with Crippen LogP contribution in [0.15, 0.2) is 36.0 Å². The predicted octanol–water partition coefficient (Wildman–Crippen LogP) is 2.39. The highest BCUT2D eigenvalue weighted by molar-refractivity contribution is 6.31. The van der Waals surface area contributed by atoms with Crippen LogP contribution < -0.4 is 5.32 Å². The highest BCUT2D eigenvalue weighted by atomic mass is 35.5. The van der Waals surface area contributed by atoms with E-state index in [2.05, 4.69) is 5.32 Å². The molecule has 2 aliphatic heterocycles. The maximum atomic E-state index is 12.4. The largest absolute Gasteiger partial charge is 0.378 e. The van der Waals surface area contributed by atoms with E-state index < -0.39 is 0 Å². The Labute approximate surface area is 128 Å². The molecule has 4 nitrogen and oxygen atoms in total. The molecule has 0 saturated carbocycles. The minimum atomic E-state index is -0.205. The minimum Gasteiger partial charge on any atom is -0.378 e. The molecule has 1 unspecified atom stereocenters. The lowest BCUT2D eigenvalue weighted by molar-refractivity contribution is -0.132. The quantitative estimate of drug-likeness (QED) is 0.674. The summed E-state index contributed by atoms with van der Waals surface area (Å²) in [6.07, 6.45) is 4.63. The molecule has 2 saturated heterocycles. The molecule has 5 heteroatoms. The van der Waals surface area contributed by atoms with Crippen molar-refractivity contribution < 1.29 is 9.59 Å². The summed E-state index contributed by atoms with van der Waals surface area (Å²) < 4.78 is 0. The number of halogens is 1. The zero-order chi connectivity index (χ0) is 14.8. The van der Waals surface area contributed by atoms with Crippen molar-refractivity contribution in [3.8, 4) is 0 Å². The maximum Gasteiger partial charge on any atom is 0.270 e. The normalized spacial score (nSPS) is 23.7. The van der Waals surface area contributed by atoms with Crippen LogP contribution in [0.4, 0.5) is 0 Å². The molecular weight excluding hydrogens is 288 g/mol. The van der Waals surface area contributed by atoms with Gasteiger partial charge in [-0.2, -0.15) is 0 Å². The number of piperazine rings is 1. The van der Waals surface area contributed by atoms with Crippen LogP contribution in [-0.2, 0) is 4.79 Å². The van der Waals surface area contributed by atoms with E-state index in [0.29, 0.717) is 16.3 Å². The number of carbonyl (C=O) groups excluding carboxylic acids is 2. The molecule has 1 atom stereocenters. The highest BCUT2D eigenvalue weighted by Crippen LogP contribution is 2.22. The Kier molecular flexibility index (Phi) is 3.97. The summed E-state index contributed by atoms with van der Waals surface area (Å²) >= 11 is 5.89. The molecule has 110 valence electrons. The second-order valence-electron chi connectivity index (χ2n) is 5.46.